The zero-order valence-electron chi connectivity index (χ0n) is 25.9. The third-order valence-corrected chi connectivity index (χ3v) is 11.2. The molecule has 0 radical (unpaired) electrons. The summed E-state index contributed by atoms with van der Waals surface area (Å²) in [7, 11) is -6.67. The Morgan fingerprint density at radius 1 is 1.00 bits per heavy atom. The fourth-order valence-electron chi connectivity index (χ4n) is 5.70. The van der Waals surface area contributed by atoms with Crippen LogP contribution in [0.1, 0.15) is 31.2 Å². The molecule has 1 saturated heterocycles. The lowest BCUT2D eigenvalue weighted by Gasteiger charge is -2.34. The van der Waals surface area contributed by atoms with Crippen LogP contribution in [0.15, 0.2) is 76.6 Å². The van der Waals surface area contributed by atoms with Gasteiger partial charge in [0.25, 0.3) is 5.56 Å². The van der Waals surface area contributed by atoms with Gasteiger partial charge in [0.15, 0.2) is 9.84 Å². The van der Waals surface area contributed by atoms with E-state index in [2.05, 4.69) is 10.2 Å². The molecule has 1 aliphatic rings. The number of pyridine rings is 2. The summed E-state index contributed by atoms with van der Waals surface area (Å²) >= 11 is -2.08. The SMILES string of the molecule is CC(CN1CCC(c2ccc(Nc3nc(-c4ccc(S(C)(=O)=O)cc4)cc4ccn(CCS(C)(=O)=O)c(=O)c34)cc2)CC1)S(=O)[O-]. The Hall–Kier alpha value is -3.43. The molecule has 3 heterocycles. The summed E-state index contributed by atoms with van der Waals surface area (Å²) in [6.07, 6.45) is 5.68. The molecular formula is C32H37N4O7S3-. The van der Waals surface area contributed by atoms with Gasteiger partial charge in [-0.15, -0.1) is 0 Å². The first kappa shape index (κ1) is 33.9. The van der Waals surface area contributed by atoms with E-state index in [4.69, 9.17) is 4.98 Å². The monoisotopic (exact) mass is 685 g/mol. The average molecular weight is 686 g/mol. The smallest absolute Gasteiger partial charge is 0.262 e. The van der Waals surface area contributed by atoms with E-state index in [1.54, 1.807) is 37.4 Å². The summed E-state index contributed by atoms with van der Waals surface area (Å²) in [6.45, 7) is 3.90. The maximum Gasteiger partial charge on any atom is 0.262 e. The number of aromatic nitrogens is 2. The Bertz CT molecular complexity index is 2020. The molecule has 0 bridgehead atoms. The number of likely N-dealkylation sites (tertiary alicyclic amines) is 1. The number of hydrogen-bond donors (Lipinski definition) is 1. The van der Waals surface area contributed by atoms with Crippen molar-refractivity contribution in [2.75, 3.05) is 43.2 Å². The minimum absolute atomic E-state index is 0.00290. The summed E-state index contributed by atoms with van der Waals surface area (Å²) < 4.78 is 71.4. The van der Waals surface area contributed by atoms with Gasteiger partial charge < -0.3 is 19.3 Å². The predicted octanol–water partition coefficient (Wildman–Crippen LogP) is 3.70. The molecule has 2 aromatic heterocycles. The van der Waals surface area contributed by atoms with E-state index in [1.165, 1.54) is 22.3 Å². The Balaban J connectivity index is 1.44. The molecule has 4 aromatic rings. The molecule has 1 aliphatic heterocycles. The first-order valence-electron chi connectivity index (χ1n) is 14.9. The zero-order chi connectivity index (χ0) is 33.2. The maximum absolute atomic E-state index is 13.6. The van der Waals surface area contributed by atoms with Crippen LogP contribution in [0.3, 0.4) is 0 Å². The van der Waals surface area contributed by atoms with Crippen molar-refractivity contribution >= 4 is 53.0 Å². The summed E-state index contributed by atoms with van der Waals surface area (Å²) in [5.41, 5.74) is 2.69. The van der Waals surface area contributed by atoms with Gasteiger partial charge in [0, 0.05) is 48.3 Å². The number of sulfone groups is 2. The Morgan fingerprint density at radius 2 is 1.65 bits per heavy atom. The third kappa shape index (κ3) is 8.28. The van der Waals surface area contributed by atoms with Crippen molar-refractivity contribution in [3.63, 3.8) is 0 Å². The van der Waals surface area contributed by atoms with Crippen LogP contribution in [-0.4, -0.2) is 83.2 Å². The van der Waals surface area contributed by atoms with E-state index in [0.717, 1.165) is 38.4 Å². The number of nitrogens with zero attached hydrogens (tertiary/aromatic N) is 3. The molecule has 0 spiro atoms. The normalized spacial score (nSPS) is 16.3. The quantitative estimate of drug-likeness (QED) is 0.231. The van der Waals surface area contributed by atoms with E-state index >= 15 is 0 Å². The fourth-order valence-corrected chi connectivity index (χ4v) is 7.19. The highest BCUT2D eigenvalue weighted by atomic mass is 32.2. The second kappa shape index (κ2) is 13.7. The molecule has 11 nitrogen and oxygen atoms in total. The predicted molar refractivity (Wildman–Crippen MR) is 181 cm³/mol. The third-order valence-electron chi connectivity index (χ3n) is 8.32. The molecule has 2 aromatic carbocycles. The number of fused-ring (bicyclic) bond motifs is 1. The van der Waals surface area contributed by atoms with E-state index < -0.39 is 36.0 Å². The number of benzene rings is 2. The second-order valence-electron chi connectivity index (χ2n) is 12.0. The van der Waals surface area contributed by atoms with E-state index in [9.17, 15) is 30.4 Å². The first-order valence-corrected chi connectivity index (χ1v) is 20.0. The largest absolute Gasteiger partial charge is 0.772 e. The van der Waals surface area contributed by atoms with Gasteiger partial charge in [0.05, 0.1) is 21.7 Å². The number of piperidine rings is 1. The first-order chi connectivity index (χ1) is 21.7. The number of aryl methyl sites for hydroxylation is 1. The molecule has 5 rings (SSSR count). The molecule has 1 N–H and O–H groups in total. The summed E-state index contributed by atoms with van der Waals surface area (Å²) in [5.74, 6) is 0.457. The zero-order valence-corrected chi connectivity index (χ0v) is 28.3. The van der Waals surface area contributed by atoms with Crippen molar-refractivity contribution in [3.05, 3.63) is 82.8 Å². The van der Waals surface area contributed by atoms with Crippen LogP contribution < -0.4 is 10.9 Å². The molecule has 46 heavy (non-hydrogen) atoms. The van der Waals surface area contributed by atoms with Gasteiger partial charge in [-0.1, -0.05) is 42.3 Å². The molecule has 0 saturated carbocycles. The van der Waals surface area contributed by atoms with E-state index in [1.807, 2.05) is 24.3 Å². The van der Waals surface area contributed by atoms with Crippen molar-refractivity contribution < 1.29 is 25.6 Å². The van der Waals surface area contributed by atoms with Gasteiger partial charge >= 0.3 is 0 Å². The van der Waals surface area contributed by atoms with Crippen LogP contribution in [0.2, 0.25) is 0 Å². The van der Waals surface area contributed by atoms with Crippen molar-refractivity contribution in [1.82, 2.24) is 14.5 Å². The molecule has 246 valence electrons. The summed E-state index contributed by atoms with van der Waals surface area (Å²) in [4.78, 5) is 20.8. The Morgan fingerprint density at radius 3 is 2.24 bits per heavy atom. The number of hydrogen-bond acceptors (Lipinski definition) is 10. The molecule has 2 atom stereocenters. The van der Waals surface area contributed by atoms with Crippen LogP contribution >= 0.6 is 0 Å². The van der Waals surface area contributed by atoms with E-state index in [0.29, 0.717) is 46.0 Å². The minimum atomic E-state index is -3.38. The molecule has 1 fully saturated rings. The van der Waals surface area contributed by atoms with Gasteiger partial charge in [-0.05, 0) is 79.2 Å². The molecule has 14 heteroatoms. The standard InChI is InChI=1S/C32H38N4O7S3/c1-22(44(38)39)21-35-15-12-24(13-16-35)23-4-8-27(9-5-23)33-31-30-26(14-17-36(32(30)37)18-19-45(2,40)41)20-29(34-31)25-6-10-28(11-7-25)46(3,42)43/h4-11,14,17,20,22,24H,12-13,15-16,18-19,21H2,1-3H3,(H,33,34)(H,38,39)/p-1. The van der Waals surface area contributed by atoms with Crippen molar-refractivity contribution in [3.8, 4) is 11.3 Å². The maximum atomic E-state index is 13.6. The van der Waals surface area contributed by atoms with Gasteiger partial charge in [-0.2, -0.15) is 0 Å². The van der Waals surface area contributed by atoms with Crippen molar-refractivity contribution in [2.45, 2.75) is 42.4 Å². The van der Waals surface area contributed by atoms with E-state index in [-0.39, 0.29) is 22.8 Å². The lowest BCUT2D eigenvalue weighted by Crippen LogP contribution is -2.38. The molecular weight excluding hydrogens is 649 g/mol. The van der Waals surface area contributed by atoms with Crippen molar-refractivity contribution in [2.24, 2.45) is 0 Å². The fraction of sp³-hybridized carbons (Fsp3) is 0.375. The van der Waals surface area contributed by atoms with Crippen LogP contribution in [0.25, 0.3) is 22.0 Å². The average Bonchev–Trinajstić information content (AvgIpc) is 3.00. The van der Waals surface area contributed by atoms with Crippen LogP contribution in [0.5, 0.6) is 0 Å². The van der Waals surface area contributed by atoms with Crippen LogP contribution in [-0.2, 0) is 37.3 Å². The summed E-state index contributed by atoms with van der Waals surface area (Å²) in [5, 5.41) is 3.79. The molecule has 0 aliphatic carbocycles. The van der Waals surface area contributed by atoms with Crippen LogP contribution in [0.4, 0.5) is 11.5 Å². The minimum Gasteiger partial charge on any atom is -0.772 e. The summed E-state index contributed by atoms with van der Waals surface area (Å²) in [6, 6.07) is 17.8. The number of nitrogens with one attached hydrogen (secondary N) is 1. The van der Waals surface area contributed by atoms with Crippen molar-refractivity contribution in [1.29, 1.82) is 0 Å². The van der Waals surface area contributed by atoms with Gasteiger partial charge in [0.2, 0.25) is 0 Å². The molecule has 0 amide bonds. The Labute approximate surface area is 271 Å². The van der Waals surface area contributed by atoms with Crippen LogP contribution in [0, 0.1) is 0 Å². The lowest BCUT2D eigenvalue weighted by atomic mass is 9.89. The van der Waals surface area contributed by atoms with Gasteiger partial charge in [0.1, 0.15) is 15.7 Å². The van der Waals surface area contributed by atoms with Gasteiger partial charge in [-0.3, -0.25) is 9.00 Å². The van der Waals surface area contributed by atoms with Gasteiger partial charge in [-0.25, -0.2) is 21.8 Å². The lowest BCUT2D eigenvalue weighted by molar-refractivity contribution is 0.213. The molecule has 2 unspecified atom stereocenters. The topological polar surface area (TPSA) is 159 Å². The number of rotatable bonds is 11. The highest BCUT2D eigenvalue weighted by molar-refractivity contribution is 7.91. The second-order valence-corrected chi connectivity index (χ2v) is 17.6. The highest BCUT2D eigenvalue weighted by Gasteiger charge is 2.22. The Kier molecular flexibility index (Phi) is 10.1. The number of anilines is 2. The highest BCUT2D eigenvalue weighted by Crippen LogP contribution is 2.32.